The summed E-state index contributed by atoms with van der Waals surface area (Å²) in [4.78, 5) is 25.3. The molecule has 0 aliphatic heterocycles. The number of carbonyl (C=O) groups is 2. The van der Waals surface area contributed by atoms with Crippen molar-refractivity contribution in [2.75, 3.05) is 19.8 Å². The summed E-state index contributed by atoms with van der Waals surface area (Å²) < 4.78 is 17.3. The molecule has 5 nitrogen and oxygen atoms in total. The van der Waals surface area contributed by atoms with E-state index in [2.05, 4.69) is 118 Å². The third-order valence-corrected chi connectivity index (χ3v) is 10.1. The van der Waals surface area contributed by atoms with Gasteiger partial charge >= 0.3 is 11.9 Å². The molecular weight excluding hydrogens is 741 g/mol. The highest BCUT2D eigenvalue weighted by atomic mass is 16.6. The van der Waals surface area contributed by atoms with Crippen LogP contribution in [-0.2, 0) is 23.8 Å². The molecule has 60 heavy (non-hydrogen) atoms. The maximum Gasteiger partial charge on any atom is 0.306 e. The van der Waals surface area contributed by atoms with Crippen LogP contribution in [0.3, 0.4) is 0 Å². The van der Waals surface area contributed by atoms with Crippen molar-refractivity contribution in [3.8, 4) is 0 Å². The molecule has 1 atom stereocenters. The predicted octanol–water partition coefficient (Wildman–Crippen LogP) is 16.7. The van der Waals surface area contributed by atoms with E-state index in [1.54, 1.807) is 0 Å². The van der Waals surface area contributed by atoms with Crippen LogP contribution in [-0.4, -0.2) is 37.9 Å². The number of ether oxygens (including phenoxy) is 3. The zero-order valence-electron chi connectivity index (χ0n) is 39.2. The van der Waals surface area contributed by atoms with E-state index in [1.165, 1.54) is 77.0 Å². The lowest BCUT2D eigenvalue weighted by Gasteiger charge is -2.18. The zero-order valence-corrected chi connectivity index (χ0v) is 39.2. The lowest BCUT2D eigenvalue weighted by atomic mass is 10.1. The molecule has 0 saturated carbocycles. The standard InChI is InChI=1S/C55H92O5/c1-4-7-10-13-16-19-22-25-27-29-32-35-38-41-44-47-50-58-51-53(60-55(57)49-46-43-40-37-34-30-24-21-18-15-12-9-6-3)52-59-54(56)48-45-42-39-36-33-31-28-26-23-20-17-14-11-8-5-2/h8,11-12,15-17,19-21,24-28,33,36,53H,4-7,9-10,13-14,18,22-23,29-32,34-35,37-52H2,1-3H3/b11-8-,15-12-,19-16-,20-17-,24-21-,27-25-,28-26-,36-33-. The lowest BCUT2D eigenvalue weighted by Crippen LogP contribution is -2.30. The second kappa shape index (κ2) is 50.2. The molecule has 0 N–H and O–H groups in total. The molecule has 5 heteroatoms. The smallest absolute Gasteiger partial charge is 0.306 e. The summed E-state index contributed by atoms with van der Waals surface area (Å²) in [6, 6.07) is 0. The van der Waals surface area contributed by atoms with Crippen molar-refractivity contribution in [2.24, 2.45) is 0 Å². The van der Waals surface area contributed by atoms with Gasteiger partial charge in [0.25, 0.3) is 0 Å². The molecule has 0 radical (unpaired) electrons. The molecule has 0 aromatic rings. The highest BCUT2D eigenvalue weighted by molar-refractivity contribution is 5.70. The summed E-state index contributed by atoms with van der Waals surface area (Å²) in [6.07, 6.45) is 67.0. The number of carbonyl (C=O) groups excluding carboxylic acids is 2. The van der Waals surface area contributed by atoms with Crippen LogP contribution in [0.5, 0.6) is 0 Å². The van der Waals surface area contributed by atoms with Gasteiger partial charge in [0.1, 0.15) is 6.61 Å². The number of allylic oxidation sites excluding steroid dienone is 16. The monoisotopic (exact) mass is 833 g/mol. The number of hydrogen-bond donors (Lipinski definition) is 0. The first-order valence-electron chi connectivity index (χ1n) is 24.8. The van der Waals surface area contributed by atoms with Crippen molar-refractivity contribution >= 4 is 11.9 Å². The second-order valence-corrected chi connectivity index (χ2v) is 16.0. The van der Waals surface area contributed by atoms with Crippen LogP contribution in [0.4, 0.5) is 0 Å². The Morgan fingerprint density at radius 3 is 1.30 bits per heavy atom. The van der Waals surface area contributed by atoms with Crippen molar-refractivity contribution in [2.45, 2.75) is 219 Å². The number of unbranched alkanes of at least 4 members (excludes halogenated alkanes) is 17. The molecular formula is C55H92O5. The third-order valence-electron chi connectivity index (χ3n) is 10.1. The van der Waals surface area contributed by atoms with Gasteiger partial charge in [-0.05, 0) is 116 Å². The minimum Gasteiger partial charge on any atom is -0.462 e. The van der Waals surface area contributed by atoms with Crippen LogP contribution < -0.4 is 0 Å². The number of hydrogen-bond acceptors (Lipinski definition) is 5. The second-order valence-electron chi connectivity index (χ2n) is 16.0. The average molecular weight is 833 g/mol. The number of esters is 2. The normalized spacial score (nSPS) is 13.1. The van der Waals surface area contributed by atoms with Gasteiger partial charge in [-0.2, -0.15) is 0 Å². The van der Waals surface area contributed by atoms with Crippen molar-refractivity contribution in [1.29, 1.82) is 0 Å². The first kappa shape index (κ1) is 56.8. The molecule has 342 valence electrons. The Morgan fingerprint density at radius 2 is 0.783 bits per heavy atom. The maximum atomic E-state index is 12.8. The summed E-state index contributed by atoms with van der Waals surface area (Å²) in [5, 5.41) is 0. The van der Waals surface area contributed by atoms with Crippen LogP contribution >= 0.6 is 0 Å². The van der Waals surface area contributed by atoms with Gasteiger partial charge in [-0.15, -0.1) is 0 Å². The Bertz CT molecular complexity index is 1170. The van der Waals surface area contributed by atoms with Crippen LogP contribution in [0.2, 0.25) is 0 Å². The number of rotatable bonds is 44. The van der Waals surface area contributed by atoms with Crippen molar-refractivity contribution in [3.63, 3.8) is 0 Å². The van der Waals surface area contributed by atoms with Gasteiger partial charge in [-0.3, -0.25) is 9.59 Å². The Labute approximate surface area is 371 Å². The fraction of sp³-hybridized carbons (Fsp3) is 0.673. The molecule has 0 spiro atoms. The van der Waals surface area contributed by atoms with Gasteiger partial charge in [0.15, 0.2) is 6.10 Å². The van der Waals surface area contributed by atoms with E-state index in [0.29, 0.717) is 19.4 Å². The SMILES string of the molecule is CC/C=C\C/C=C\C/C=C\C/C=C\CCCCC(=O)OCC(COCCCCCCCC/C=C\C/C=C\CCCCC)OC(=O)CCCCCCC/C=C\C/C=C\CCC. The molecule has 0 amide bonds. The summed E-state index contributed by atoms with van der Waals surface area (Å²) in [5.74, 6) is -0.473. The van der Waals surface area contributed by atoms with Crippen molar-refractivity contribution in [1.82, 2.24) is 0 Å². The lowest BCUT2D eigenvalue weighted by molar-refractivity contribution is -0.163. The van der Waals surface area contributed by atoms with Gasteiger partial charge in [-0.25, -0.2) is 0 Å². The van der Waals surface area contributed by atoms with Crippen molar-refractivity contribution < 1.29 is 23.8 Å². The summed E-state index contributed by atoms with van der Waals surface area (Å²) in [7, 11) is 0. The molecule has 1 unspecified atom stereocenters. The third kappa shape index (κ3) is 47.5. The predicted molar refractivity (Wildman–Crippen MR) is 260 cm³/mol. The fourth-order valence-corrected chi connectivity index (χ4v) is 6.39. The van der Waals surface area contributed by atoms with Gasteiger partial charge in [0.05, 0.1) is 6.61 Å². The largest absolute Gasteiger partial charge is 0.462 e. The first-order chi connectivity index (χ1) is 29.6. The van der Waals surface area contributed by atoms with E-state index >= 15 is 0 Å². The van der Waals surface area contributed by atoms with Gasteiger partial charge in [0, 0.05) is 19.4 Å². The molecule has 0 aromatic heterocycles. The quantitative estimate of drug-likeness (QED) is 0.0348. The maximum absolute atomic E-state index is 12.8. The van der Waals surface area contributed by atoms with E-state index in [4.69, 9.17) is 14.2 Å². The zero-order chi connectivity index (χ0) is 43.5. The highest BCUT2D eigenvalue weighted by Gasteiger charge is 2.17. The molecule has 0 aliphatic rings. The van der Waals surface area contributed by atoms with Crippen LogP contribution in [0.25, 0.3) is 0 Å². The van der Waals surface area contributed by atoms with Gasteiger partial charge < -0.3 is 14.2 Å². The topological polar surface area (TPSA) is 61.8 Å². The van der Waals surface area contributed by atoms with E-state index < -0.39 is 6.10 Å². The average Bonchev–Trinajstić information content (AvgIpc) is 3.25. The summed E-state index contributed by atoms with van der Waals surface area (Å²) >= 11 is 0. The van der Waals surface area contributed by atoms with Gasteiger partial charge in [0.2, 0.25) is 0 Å². The minimum atomic E-state index is -0.570. The Balaban J connectivity index is 4.39. The Hall–Kier alpha value is -3.18. The highest BCUT2D eigenvalue weighted by Crippen LogP contribution is 2.12. The van der Waals surface area contributed by atoms with Crippen LogP contribution in [0.1, 0.15) is 213 Å². The molecule has 0 heterocycles. The van der Waals surface area contributed by atoms with Crippen molar-refractivity contribution in [3.05, 3.63) is 97.2 Å². The van der Waals surface area contributed by atoms with E-state index in [9.17, 15) is 9.59 Å². The van der Waals surface area contributed by atoms with E-state index in [-0.39, 0.29) is 25.2 Å². The van der Waals surface area contributed by atoms with Crippen LogP contribution in [0.15, 0.2) is 97.2 Å². The van der Waals surface area contributed by atoms with E-state index in [0.717, 1.165) is 103 Å². The Morgan fingerprint density at radius 1 is 0.383 bits per heavy atom. The van der Waals surface area contributed by atoms with E-state index in [1.807, 2.05) is 0 Å². The summed E-state index contributed by atoms with van der Waals surface area (Å²) in [5.41, 5.74) is 0. The molecule has 0 saturated heterocycles. The molecule has 0 bridgehead atoms. The summed E-state index contributed by atoms with van der Waals surface area (Å²) in [6.45, 7) is 7.53. The molecule has 0 fully saturated rings. The molecule has 0 aromatic carbocycles. The minimum absolute atomic E-state index is 0.0487. The Kier molecular flexibility index (Phi) is 47.5. The fourth-order valence-electron chi connectivity index (χ4n) is 6.39. The van der Waals surface area contributed by atoms with Crippen LogP contribution in [0, 0.1) is 0 Å². The first-order valence-corrected chi connectivity index (χ1v) is 24.8. The van der Waals surface area contributed by atoms with Gasteiger partial charge in [-0.1, -0.05) is 182 Å². The molecule has 0 rings (SSSR count). The molecule has 0 aliphatic carbocycles.